The van der Waals surface area contributed by atoms with E-state index in [2.05, 4.69) is 0 Å². The van der Waals surface area contributed by atoms with E-state index in [4.69, 9.17) is 28.9 Å². The van der Waals surface area contributed by atoms with Gasteiger partial charge in [-0.2, -0.15) is 0 Å². The van der Waals surface area contributed by atoms with E-state index in [0.29, 0.717) is 21.6 Å². The van der Waals surface area contributed by atoms with Gasteiger partial charge in [-0.15, -0.1) is 0 Å². The van der Waals surface area contributed by atoms with E-state index < -0.39 is 10.8 Å². The van der Waals surface area contributed by atoms with Crippen LogP contribution in [0.2, 0.25) is 10.0 Å². The van der Waals surface area contributed by atoms with Crippen LogP contribution in [0.5, 0.6) is 0 Å². The van der Waals surface area contributed by atoms with E-state index in [1.54, 1.807) is 18.2 Å². The lowest BCUT2D eigenvalue weighted by atomic mass is 10.2. The van der Waals surface area contributed by atoms with Gasteiger partial charge in [0.05, 0.1) is 5.75 Å². The highest BCUT2D eigenvalue weighted by molar-refractivity contribution is 7.84. The third kappa shape index (κ3) is 4.51. The van der Waals surface area contributed by atoms with E-state index in [1.807, 2.05) is 6.92 Å². The Balaban J connectivity index is 2.71. The van der Waals surface area contributed by atoms with E-state index in [0.717, 1.165) is 5.56 Å². The first-order valence-electron chi connectivity index (χ1n) is 4.53. The summed E-state index contributed by atoms with van der Waals surface area (Å²) in [7, 11) is -0.988. The number of hydrogen-bond donors (Lipinski definition) is 1. The van der Waals surface area contributed by atoms with Gasteiger partial charge >= 0.3 is 0 Å². The second kappa shape index (κ2) is 5.85. The molecule has 15 heavy (non-hydrogen) atoms. The molecule has 1 aromatic carbocycles. The Labute approximate surface area is 102 Å². The highest BCUT2D eigenvalue weighted by Crippen LogP contribution is 2.21. The molecular weight excluding hydrogens is 253 g/mol. The summed E-state index contributed by atoms with van der Waals surface area (Å²) in [6.45, 7) is 1.83. The quantitative estimate of drug-likeness (QED) is 0.910. The number of benzene rings is 1. The summed E-state index contributed by atoms with van der Waals surface area (Å²) in [6, 6.07) is 5.09. The summed E-state index contributed by atoms with van der Waals surface area (Å²) in [4.78, 5) is 0. The van der Waals surface area contributed by atoms with Crippen molar-refractivity contribution in [2.45, 2.75) is 18.7 Å². The largest absolute Gasteiger partial charge is 0.327 e. The fourth-order valence-corrected chi connectivity index (χ4v) is 2.93. The van der Waals surface area contributed by atoms with Crippen molar-refractivity contribution in [3.05, 3.63) is 33.8 Å². The van der Waals surface area contributed by atoms with Gasteiger partial charge in [0.25, 0.3) is 0 Å². The zero-order valence-corrected chi connectivity index (χ0v) is 10.7. The van der Waals surface area contributed by atoms with Gasteiger partial charge in [0.15, 0.2) is 0 Å². The minimum Gasteiger partial charge on any atom is -0.327 e. The maximum Gasteiger partial charge on any atom is 0.0501 e. The van der Waals surface area contributed by atoms with Gasteiger partial charge in [-0.25, -0.2) is 0 Å². The van der Waals surface area contributed by atoms with Crippen molar-refractivity contribution >= 4 is 34.0 Å². The van der Waals surface area contributed by atoms with Crippen LogP contribution >= 0.6 is 23.2 Å². The van der Waals surface area contributed by atoms with Crippen LogP contribution in [0.15, 0.2) is 18.2 Å². The Bertz CT molecular complexity index is 368. The highest BCUT2D eigenvalue weighted by Gasteiger charge is 2.08. The Kier molecular flexibility index (Phi) is 5.06. The average molecular weight is 266 g/mol. The molecule has 0 amide bonds. The normalized spacial score (nSPS) is 14.9. The summed E-state index contributed by atoms with van der Waals surface area (Å²) in [5.41, 5.74) is 6.37. The van der Waals surface area contributed by atoms with Crippen LogP contribution in [0.4, 0.5) is 0 Å². The van der Waals surface area contributed by atoms with E-state index >= 15 is 0 Å². The number of rotatable bonds is 4. The van der Waals surface area contributed by atoms with Gasteiger partial charge in [-0.05, 0) is 30.7 Å². The van der Waals surface area contributed by atoms with Crippen LogP contribution in [-0.4, -0.2) is 16.0 Å². The van der Waals surface area contributed by atoms with Crippen LogP contribution in [-0.2, 0) is 16.6 Å². The topological polar surface area (TPSA) is 43.1 Å². The number of hydrogen-bond acceptors (Lipinski definition) is 2. The van der Waals surface area contributed by atoms with E-state index in [9.17, 15) is 4.21 Å². The Morgan fingerprint density at radius 3 is 2.73 bits per heavy atom. The van der Waals surface area contributed by atoms with Gasteiger partial charge in [-0.3, -0.25) is 4.21 Å². The van der Waals surface area contributed by atoms with Gasteiger partial charge in [0.2, 0.25) is 0 Å². The van der Waals surface area contributed by atoms with Crippen LogP contribution in [0.3, 0.4) is 0 Å². The van der Waals surface area contributed by atoms with Crippen LogP contribution in [0, 0.1) is 0 Å². The third-order valence-electron chi connectivity index (χ3n) is 1.77. The number of nitrogens with two attached hydrogens (primary N) is 1. The van der Waals surface area contributed by atoms with Crippen molar-refractivity contribution in [3.8, 4) is 0 Å². The molecule has 0 aliphatic heterocycles. The lowest BCUT2D eigenvalue weighted by Gasteiger charge is -2.07. The van der Waals surface area contributed by atoms with Crippen molar-refractivity contribution in [2.24, 2.45) is 5.73 Å². The zero-order chi connectivity index (χ0) is 11.4. The van der Waals surface area contributed by atoms with Crippen molar-refractivity contribution in [1.29, 1.82) is 0 Å². The molecule has 2 unspecified atom stereocenters. The molecule has 0 radical (unpaired) electrons. The molecule has 2 atom stereocenters. The van der Waals surface area contributed by atoms with E-state index in [-0.39, 0.29) is 6.04 Å². The maximum atomic E-state index is 11.6. The Morgan fingerprint density at radius 2 is 2.13 bits per heavy atom. The first kappa shape index (κ1) is 13.0. The molecule has 0 aromatic heterocycles. The minimum absolute atomic E-state index is 0.0659. The first-order valence-corrected chi connectivity index (χ1v) is 6.78. The van der Waals surface area contributed by atoms with Crippen molar-refractivity contribution < 1.29 is 4.21 Å². The molecule has 0 spiro atoms. The summed E-state index contributed by atoms with van der Waals surface area (Å²) < 4.78 is 11.6. The van der Waals surface area contributed by atoms with Gasteiger partial charge in [0.1, 0.15) is 0 Å². The van der Waals surface area contributed by atoms with Gasteiger partial charge < -0.3 is 5.73 Å². The molecule has 0 aliphatic rings. The zero-order valence-electron chi connectivity index (χ0n) is 8.37. The molecule has 1 rings (SSSR count). The molecule has 2 N–H and O–H groups in total. The summed E-state index contributed by atoms with van der Waals surface area (Å²) in [5.74, 6) is 0.879. The molecule has 2 nitrogen and oxygen atoms in total. The lowest BCUT2D eigenvalue weighted by Crippen LogP contribution is -2.23. The van der Waals surface area contributed by atoms with Crippen LogP contribution in [0.1, 0.15) is 12.5 Å². The fraction of sp³-hybridized carbons (Fsp3) is 0.400. The summed E-state index contributed by atoms with van der Waals surface area (Å²) in [5, 5.41) is 1.20. The first-order chi connectivity index (χ1) is 6.99. The van der Waals surface area contributed by atoms with E-state index in [1.165, 1.54) is 0 Å². The molecule has 1 aromatic rings. The Hall–Kier alpha value is -0.0900. The highest BCUT2D eigenvalue weighted by atomic mass is 35.5. The molecule has 5 heteroatoms. The maximum absolute atomic E-state index is 11.6. The second-order valence-electron chi connectivity index (χ2n) is 3.46. The number of halogens is 2. The van der Waals surface area contributed by atoms with Gasteiger partial charge in [0, 0.05) is 32.6 Å². The molecule has 0 saturated heterocycles. The lowest BCUT2D eigenvalue weighted by molar-refractivity contribution is 0.676. The molecule has 0 heterocycles. The van der Waals surface area contributed by atoms with Gasteiger partial charge in [-0.1, -0.05) is 23.2 Å². The molecule has 0 bridgehead atoms. The predicted molar refractivity (Wildman–Crippen MR) is 66.8 cm³/mol. The van der Waals surface area contributed by atoms with Crippen LogP contribution in [0.25, 0.3) is 0 Å². The smallest absolute Gasteiger partial charge is 0.0501 e. The third-order valence-corrected chi connectivity index (χ3v) is 3.91. The molecular formula is C10H13Cl2NOS. The minimum atomic E-state index is -0.988. The molecule has 0 aliphatic carbocycles. The predicted octanol–water partition coefficient (Wildman–Crippen LogP) is 2.59. The second-order valence-corrected chi connectivity index (χ2v) is 5.81. The van der Waals surface area contributed by atoms with Crippen molar-refractivity contribution in [1.82, 2.24) is 0 Å². The standard InChI is InChI=1S/C10H13Cl2NOS/c1-7(13)5-15(14)6-8-4-9(11)2-3-10(8)12/h2-4,7H,5-6,13H2,1H3. The monoisotopic (exact) mass is 265 g/mol. The van der Waals surface area contributed by atoms with Crippen LogP contribution < -0.4 is 5.73 Å². The van der Waals surface area contributed by atoms with Crippen molar-refractivity contribution in [2.75, 3.05) is 5.75 Å². The SMILES string of the molecule is CC(N)CS(=O)Cc1cc(Cl)ccc1Cl. The fourth-order valence-electron chi connectivity index (χ4n) is 1.18. The molecule has 0 saturated carbocycles. The Morgan fingerprint density at radius 1 is 1.47 bits per heavy atom. The van der Waals surface area contributed by atoms with Crippen molar-refractivity contribution in [3.63, 3.8) is 0 Å². The summed E-state index contributed by atoms with van der Waals surface area (Å²) >= 11 is 11.8. The molecule has 0 fully saturated rings. The average Bonchev–Trinajstić information content (AvgIpc) is 2.10. The summed E-state index contributed by atoms with van der Waals surface area (Å²) in [6.07, 6.45) is 0. The molecule has 84 valence electrons.